The number of para-hydroxylation sites is 1. The van der Waals surface area contributed by atoms with Gasteiger partial charge in [-0.1, -0.05) is 12.1 Å². The van der Waals surface area contributed by atoms with Gasteiger partial charge in [-0.3, -0.25) is 14.9 Å². The van der Waals surface area contributed by atoms with E-state index in [1.54, 1.807) is 18.2 Å². The molecule has 2 aromatic carbocycles. The van der Waals surface area contributed by atoms with E-state index in [9.17, 15) is 14.0 Å². The average molecular weight is 540 g/mol. The number of halogens is 2. The summed E-state index contributed by atoms with van der Waals surface area (Å²) in [5.41, 5.74) is 0.357. The number of carbonyl (C=O) groups excluding carboxylic acids is 2. The summed E-state index contributed by atoms with van der Waals surface area (Å²) in [5, 5.41) is 2.27. The first-order chi connectivity index (χ1) is 14.4. The molecule has 30 heavy (non-hydrogen) atoms. The highest BCUT2D eigenvalue weighted by Crippen LogP contribution is 2.35. The van der Waals surface area contributed by atoms with Crippen LogP contribution < -0.4 is 19.7 Å². The van der Waals surface area contributed by atoms with E-state index in [4.69, 9.17) is 21.7 Å². The monoisotopic (exact) mass is 540 g/mol. The van der Waals surface area contributed by atoms with Gasteiger partial charge in [0, 0.05) is 0 Å². The summed E-state index contributed by atoms with van der Waals surface area (Å²) in [6, 6.07) is 9.17. The lowest BCUT2D eigenvalue weighted by Gasteiger charge is -2.29. The quantitative estimate of drug-likeness (QED) is 0.259. The minimum absolute atomic E-state index is 0.0327. The standard InChI is InChI=1S/C21H18FIN2O4S/c1-3-28-17-11-12(10-15(23)18(17)29-4-2)9-13-19(26)24-21(30)25(20(13)27)16-8-6-5-7-14(16)22/h5-11H,3-4H2,1-2H3,(H,24,26,30)/b13-9+. The smallest absolute Gasteiger partial charge is 0.270 e. The number of benzene rings is 2. The minimum Gasteiger partial charge on any atom is -0.490 e. The second-order valence-electron chi connectivity index (χ2n) is 6.11. The van der Waals surface area contributed by atoms with E-state index in [0.717, 1.165) is 8.47 Å². The van der Waals surface area contributed by atoms with Gasteiger partial charge in [-0.2, -0.15) is 0 Å². The van der Waals surface area contributed by atoms with E-state index in [1.165, 1.54) is 24.3 Å². The highest BCUT2D eigenvalue weighted by Gasteiger charge is 2.35. The molecule has 0 radical (unpaired) electrons. The normalized spacial score (nSPS) is 15.4. The lowest BCUT2D eigenvalue weighted by atomic mass is 10.1. The zero-order chi connectivity index (χ0) is 21.8. The van der Waals surface area contributed by atoms with Crippen LogP contribution in [0.4, 0.5) is 10.1 Å². The Hall–Kier alpha value is -2.53. The molecule has 3 rings (SSSR count). The third kappa shape index (κ3) is 4.46. The van der Waals surface area contributed by atoms with E-state index >= 15 is 0 Å². The number of hydrogen-bond donors (Lipinski definition) is 1. The van der Waals surface area contributed by atoms with Crippen molar-refractivity contribution in [1.29, 1.82) is 0 Å². The van der Waals surface area contributed by atoms with Gasteiger partial charge >= 0.3 is 0 Å². The molecule has 1 N–H and O–H groups in total. The Kier molecular flexibility index (Phi) is 7.03. The highest BCUT2D eigenvalue weighted by molar-refractivity contribution is 14.1. The van der Waals surface area contributed by atoms with Gasteiger partial charge in [-0.15, -0.1) is 0 Å². The Bertz CT molecular complexity index is 1060. The van der Waals surface area contributed by atoms with E-state index in [-0.39, 0.29) is 16.4 Å². The van der Waals surface area contributed by atoms with Crippen LogP contribution in [0.25, 0.3) is 6.08 Å². The predicted octanol–water partition coefficient (Wildman–Crippen LogP) is 4.06. The number of nitrogens with one attached hydrogen (secondary N) is 1. The van der Waals surface area contributed by atoms with Crippen LogP contribution in [0.1, 0.15) is 19.4 Å². The number of amides is 2. The number of thiocarbonyl (C=S) groups is 1. The van der Waals surface area contributed by atoms with Crippen molar-refractivity contribution in [2.75, 3.05) is 18.1 Å². The largest absolute Gasteiger partial charge is 0.490 e. The molecule has 0 bridgehead atoms. The van der Waals surface area contributed by atoms with Crippen molar-refractivity contribution in [2.45, 2.75) is 13.8 Å². The molecule has 0 aliphatic carbocycles. The summed E-state index contributed by atoms with van der Waals surface area (Å²) in [5.74, 6) is -0.896. The second kappa shape index (κ2) is 9.52. The topological polar surface area (TPSA) is 67.9 Å². The number of anilines is 1. The molecule has 1 aliphatic rings. The van der Waals surface area contributed by atoms with Gasteiger partial charge < -0.3 is 9.47 Å². The van der Waals surface area contributed by atoms with Crippen LogP contribution in [0.5, 0.6) is 11.5 Å². The summed E-state index contributed by atoms with van der Waals surface area (Å²) >= 11 is 7.20. The van der Waals surface area contributed by atoms with Crippen LogP contribution in [0.3, 0.4) is 0 Å². The van der Waals surface area contributed by atoms with Crippen LogP contribution in [0.2, 0.25) is 0 Å². The van der Waals surface area contributed by atoms with Crippen LogP contribution in [0, 0.1) is 9.39 Å². The number of rotatable bonds is 6. The Morgan fingerprint density at radius 2 is 1.87 bits per heavy atom. The van der Waals surface area contributed by atoms with Gasteiger partial charge in [0.2, 0.25) is 0 Å². The van der Waals surface area contributed by atoms with Crippen LogP contribution in [-0.4, -0.2) is 30.1 Å². The number of nitrogens with zero attached hydrogens (tertiary/aromatic N) is 1. The Balaban J connectivity index is 2.05. The third-order valence-electron chi connectivity index (χ3n) is 4.13. The molecule has 2 aromatic rings. The maximum Gasteiger partial charge on any atom is 0.270 e. The van der Waals surface area contributed by atoms with Crippen molar-refractivity contribution in [3.05, 3.63) is 56.9 Å². The first-order valence-electron chi connectivity index (χ1n) is 9.12. The molecule has 1 aliphatic heterocycles. The Morgan fingerprint density at radius 3 is 2.53 bits per heavy atom. The van der Waals surface area contributed by atoms with E-state index in [1.807, 2.05) is 13.8 Å². The zero-order valence-electron chi connectivity index (χ0n) is 16.2. The molecule has 6 nitrogen and oxygen atoms in total. The number of carbonyl (C=O) groups is 2. The fourth-order valence-electron chi connectivity index (χ4n) is 2.89. The molecule has 1 heterocycles. The van der Waals surface area contributed by atoms with Crippen molar-refractivity contribution in [1.82, 2.24) is 5.32 Å². The third-order valence-corrected chi connectivity index (χ3v) is 5.21. The lowest BCUT2D eigenvalue weighted by Crippen LogP contribution is -2.54. The van der Waals surface area contributed by atoms with Gasteiger partial charge in [0.15, 0.2) is 16.6 Å². The molecular weight excluding hydrogens is 522 g/mol. The fraction of sp³-hybridized carbons (Fsp3) is 0.190. The zero-order valence-corrected chi connectivity index (χ0v) is 19.2. The SMILES string of the molecule is CCOc1cc(/C=C2\C(=O)NC(=S)N(c3ccccc3F)C2=O)cc(I)c1OCC. The molecule has 0 spiro atoms. The molecule has 9 heteroatoms. The van der Waals surface area contributed by atoms with E-state index < -0.39 is 17.6 Å². The molecule has 1 fully saturated rings. The summed E-state index contributed by atoms with van der Waals surface area (Å²) < 4.78 is 26.3. The van der Waals surface area contributed by atoms with Crippen LogP contribution in [0.15, 0.2) is 42.0 Å². The van der Waals surface area contributed by atoms with Crippen molar-refractivity contribution in [3.8, 4) is 11.5 Å². The summed E-state index contributed by atoms with van der Waals surface area (Å²) in [4.78, 5) is 26.5. The van der Waals surface area contributed by atoms with Crippen LogP contribution in [-0.2, 0) is 9.59 Å². The Morgan fingerprint density at radius 1 is 1.17 bits per heavy atom. The molecule has 0 unspecified atom stereocenters. The second-order valence-corrected chi connectivity index (χ2v) is 7.65. The van der Waals surface area contributed by atoms with Crippen molar-refractivity contribution >= 4 is 63.5 Å². The van der Waals surface area contributed by atoms with Crippen molar-refractivity contribution in [3.63, 3.8) is 0 Å². The van der Waals surface area contributed by atoms with Gasteiger partial charge in [-0.25, -0.2) is 9.29 Å². The van der Waals surface area contributed by atoms with Crippen molar-refractivity contribution < 1.29 is 23.5 Å². The Labute approximate surface area is 192 Å². The van der Waals surface area contributed by atoms with Gasteiger partial charge in [0.05, 0.1) is 22.5 Å². The molecule has 156 valence electrons. The maximum absolute atomic E-state index is 14.3. The molecule has 1 saturated heterocycles. The summed E-state index contributed by atoms with van der Waals surface area (Å²) in [6.45, 7) is 4.60. The average Bonchev–Trinajstić information content (AvgIpc) is 2.69. The summed E-state index contributed by atoms with van der Waals surface area (Å²) in [6.07, 6.45) is 1.42. The molecule has 0 atom stereocenters. The fourth-order valence-corrected chi connectivity index (χ4v) is 3.95. The number of hydrogen-bond acceptors (Lipinski definition) is 5. The molecule has 2 amide bonds. The number of ether oxygens (including phenoxy) is 2. The van der Waals surface area contributed by atoms with Gasteiger partial charge in [0.1, 0.15) is 11.4 Å². The lowest BCUT2D eigenvalue weighted by molar-refractivity contribution is -0.122. The highest BCUT2D eigenvalue weighted by atomic mass is 127. The molecular formula is C21H18FIN2O4S. The van der Waals surface area contributed by atoms with Gasteiger partial charge in [-0.05, 0) is 84.6 Å². The summed E-state index contributed by atoms with van der Waals surface area (Å²) in [7, 11) is 0. The van der Waals surface area contributed by atoms with E-state index in [0.29, 0.717) is 30.3 Å². The minimum atomic E-state index is -0.712. The van der Waals surface area contributed by atoms with Gasteiger partial charge in [0.25, 0.3) is 11.8 Å². The molecule has 0 aromatic heterocycles. The molecule has 0 saturated carbocycles. The predicted molar refractivity (Wildman–Crippen MR) is 124 cm³/mol. The first kappa shape index (κ1) is 22.2. The van der Waals surface area contributed by atoms with E-state index in [2.05, 4.69) is 27.9 Å². The van der Waals surface area contributed by atoms with Crippen molar-refractivity contribution in [2.24, 2.45) is 0 Å². The van der Waals surface area contributed by atoms with Crippen LogP contribution >= 0.6 is 34.8 Å². The maximum atomic E-state index is 14.3. The first-order valence-corrected chi connectivity index (χ1v) is 10.6.